The van der Waals surface area contributed by atoms with Crippen molar-refractivity contribution >= 4 is 17.3 Å². The second-order valence-corrected chi connectivity index (χ2v) is 4.78. The molecule has 0 saturated heterocycles. The van der Waals surface area contributed by atoms with Crippen LogP contribution in [0.25, 0.3) is 0 Å². The van der Waals surface area contributed by atoms with Crippen molar-refractivity contribution in [2.75, 3.05) is 23.7 Å². The maximum absolute atomic E-state index is 11.3. The fourth-order valence-corrected chi connectivity index (χ4v) is 2.05. The van der Waals surface area contributed by atoms with Crippen LogP contribution in [-0.4, -0.2) is 24.2 Å². The number of unbranched alkanes of at least 4 members (excludes halogenated alkanes) is 2. The lowest BCUT2D eigenvalue weighted by Gasteiger charge is -2.26. The van der Waals surface area contributed by atoms with Gasteiger partial charge in [-0.2, -0.15) is 0 Å². The summed E-state index contributed by atoms with van der Waals surface area (Å²) in [4.78, 5) is 13.5. The molecule has 1 aromatic rings. The third-order valence-corrected chi connectivity index (χ3v) is 3.15. The van der Waals surface area contributed by atoms with E-state index in [-0.39, 0.29) is 0 Å². The van der Waals surface area contributed by atoms with E-state index in [1.54, 1.807) is 12.1 Å². The number of hydrogen-bond acceptors (Lipinski definition) is 3. The van der Waals surface area contributed by atoms with Crippen molar-refractivity contribution in [2.45, 2.75) is 39.5 Å². The van der Waals surface area contributed by atoms with Gasteiger partial charge in [-0.3, -0.25) is 0 Å². The van der Waals surface area contributed by atoms with E-state index in [9.17, 15) is 9.90 Å². The Morgan fingerprint density at radius 2 is 1.79 bits per heavy atom. The van der Waals surface area contributed by atoms with Crippen molar-refractivity contribution in [3.63, 3.8) is 0 Å². The molecular formula is C15H24N2O2. The molecular weight excluding hydrogens is 240 g/mol. The number of anilines is 2. The maximum Gasteiger partial charge on any atom is 0.337 e. The fourth-order valence-electron chi connectivity index (χ4n) is 2.05. The van der Waals surface area contributed by atoms with Gasteiger partial charge in [0.2, 0.25) is 0 Å². The predicted octanol–water partition coefficient (Wildman–Crippen LogP) is 3.37. The standard InChI is InChI=1S/C15H24N2O2/c1-3-5-9-17(10-6-4-2)14-8-7-12(16)11-13(14)15(18)19/h7-8,11H,3-6,9-10,16H2,1-2H3,(H,18,19). The van der Waals surface area contributed by atoms with Crippen molar-refractivity contribution in [1.82, 2.24) is 0 Å². The van der Waals surface area contributed by atoms with Crippen molar-refractivity contribution in [3.8, 4) is 0 Å². The number of carboxylic acids is 1. The molecule has 0 saturated carbocycles. The molecule has 19 heavy (non-hydrogen) atoms. The first-order valence-electron chi connectivity index (χ1n) is 6.97. The maximum atomic E-state index is 11.3. The average Bonchev–Trinajstić information content (AvgIpc) is 2.39. The lowest BCUT2D eigenvalue weighted by Crippen LogP contribution is -2.27. The summed E-state index contributed by atoms with van der Waals surface area (Å²) in [5.74, 6) is -0.916. The number of nitrogens with two attached hydrogens (primary N) is 1. The Morgan fingerprint density at radius 3 is 2.26 bits per heavy atom. The van der Waals surface area contributed by atoms with Gasteiger partial charge in [-0.15, -0.1) is 0 Å². The molecule has 0 spiro atoms. The van der Waals surface area contributed by atoms with Gasteiger partial charge in [-0.25, -0.2) is 4.79 Å². The highest BCUT2D eigenvalue weighted by Gasteiger charge is 2.15. The monoisotopic (exact) mass is 264 g/mol. The van der Waals surface area contributed by atoms with Crippen LogP contribution in [0.5, 0.6) is 0 Å². The van der Waals surface area contributed by atoms with Crippen LogP contribution >= 0.6 is 0 Å². The zero-order chi connectivity index (χ0) is 14.3. The van der Waals surface area contributed by atoms with Crippen LogP contribution in [0.3, 0.4) is 0 Å². The highest BCUT2D eigenvalue weighted by Crippen LogP contribution is 2.24. The summed E-state index contributed by atoms with van der Waals surface area (Å²) in [7, 11) is 0. The molecule has 106 valence electrons. The smallest absolute Gasteiger partial charge is 0.337 e. The van der Waals surface area contributed by atoms with Gasteiger partial charge in [0.1, 0.15) is 0 Å². The summed E-state index contributed by atoms with van der Waals surface area (Å²) in [5.41, 5.74) is 7.26. The largest absolute Gasteiger partial charge is 0.478 e. The number of aromatic carboxylic acids is 1. The van der Waals surface area contributed by atoms with E-state index in [4.69, 9.17) is 5.73 Å². The minimum absolute atomic E-state index is 0.298. The van der Waals surface area contributed by atoms with Gasteiger partial charge in [-0.05, 0) is 31.0 Å². The zero-order valence-corrected chi connectivity index (χ0v) is 11.9. The van der Waals surface area contributed by atoms with Gasteiger partial charge in [0.15, 0.2) is 0 Å². The predicted molar refractivity (Wildman–Crippen MR) is 79.8 cm³/mol. The lowest BCUT2D eigenvalue weighted by atomic mass is 10.1. The number of nitrogens with zero attached hydrogens (tertiary/aromatic N) is 1. The minimum Gasteiger partial charge on any atom is -0.478 e. The molecule has 0 atom stereocenters. The first-order valence-corrected chi connectivity index (χ1v) is 6.97. The second-order valence-electron chi connectivity index (χ2n) is 4.78. The molecule has 1 rings (SSSR count). The Bertz CT molecular complexity index is 411. The van der Waals surface area contributed by atoms with Gasteiger partial charge >= 0.3 is 5.97 Å². The number of rotatable bonds is 8. The van der Waals surface area contributed by atoms with E-state index >= 15 is 0 Å². The van der Waals surface area contributed by atoms with E-state index in [0.29, 0.717) is 11.3 Å². The Hall–Kier alpha value is -1.71. The van der Waals surface area contributed by atoms with Gasteiger partial charge in [0.05, 0.1) is 11.3 Å². The summed E-state index contributed by atoms with van der Waals surface area (Å²) in [6.45, 7) is 6.06. The zero-order valence-electron chi connectivity index (χ0n) is 11.9. The van der Waals surface area contributed by atoms with Crippen molar-refractivity contribution in [1.29, 1.82) is 0 Å². The number of hydrogen-bond donors (Lipinski definition) is 2. The molecule has 0 aromatic heterocycles. The van der Waals surface area contributed by atoms with Crippen LogP contribution in [0.2, 0.25) is 0 Å². The quantitative estimate of drug-likeness (QED) is 0.706. The summed E-state index contributed by atoms with van der Waals surface area (Å²) in [5, 5.41) is 9.31. The van der Waals surface area contributed by atoms with Gasteiger partial charge < -0.3 is 15.7 Å². The van der Waals surface area contributed by atoms with Crippen LogP contribution in [0.1, 0.15) is 49.9 Å². The lowest BCUT2D eigenvalue weighted by molar-refractivity contribution is 0.0697. The first-order chi connectivity index (χ1) is 9.10. The Morgan fingerprint density at radius 1 is 1.21 bits per heavy atom. The molecule has 0 fully saturated rings. The summed E-state index contributed by atoms with van der Waals surface area (Å²) in [6, 6.07) is 5.14. The number of nitrogen functional groups attached to an aromatic ring is 1. The molecule has 0 aliphatic heterocycles. The molecule has 0 unspecified atom stereocenters. The first kappa shape index (κ1) is 15.3. The fraction of sp³-hybridized carbons (Fsp3) is 0.533. The highest BCUT2D eigenvalue weighted by atomic mass is 16.4. The van der Waals surface area contributed by atoms with Gasteiger partial charge in [0.25, 0.3) is 0 Å². The average molecular weight is 264 g/mol. The van der Waals surface area contributed by atoms with Crippen LogP contribution in [0.4, 0.5) is 11.4 Å². The van der Waals surface area contributed by atoms with Crippen LogP contribution in [0.15, 0.2) is 18.2 Å². The Balaban J connectivity index is 3.02. The number of carboxylic acid groups (broad SMARTS) is 1. The highest BCUT2D eigenvalue weighted by molar-refractivity contribution is 5.95. The number of carbonyl (C=O) groups is 1. The van der Waals surface area contributed by atoms with Gasteiger partial charge in [-0.1, -0.05) is 26.7 Å². The van der Waals surface area contributed by atoms with Crippen molar-refractivity contribution in [2.24, 2.45) is 0 Å². The molecule has 0 amide bonds. The topological polar surface area (TPSA) is 66.6 Å². The minimum atomic E-state index is -0.916. The molecule has 3 N–H and O–H groups in total. The second kappa shape index (κ2) is 7.67. The van der Waals surface area contributed by atoms with Crippen LogP contribution in [0, 0.1) is 0 Å². The number of benzene rings is 1. The molecule has 4 heteroatoms. The van der Waals surface area contributed by atoms with E-state index < -0.39 is 5.97 Å². The van der Waals surface area contributed by atoms with Gasteiger partial charge in [0, 0.05) is 18.8 Å². The van der Waals surface area contributed by atoms with E-state index in [2.05, 4.69) is 18.7 Å². The van der Waals surface area contributed by atoms with Crippen molar-refractivity contribution in [3.05, 3.63) is 23.8 Å². The molecule has 0 aliphatic rings. The molecule has 0 radical (unpaired) electrons. The van der Waals surface area contributed by atoms with Crippen LogP contribution < -0.4 is 10.6 Å². The summed E-state index contributed by atoms with van der Waals surface area (Å²) < 4.78 is 0. The van der Waals surface area contributed by atoms with E-state index in [1.807, 2.05) is 6.07 Å². The van der Waals surface area contributed by atoms with Crippen LogP contribution in [-0.2, 0) is 0 Å². The summed E-state index contributed by atoms with van der Waals surface area (Å²) >= 11 is 0. The van der Waals surface area contributed by atoms with E-state index in [0.717, 1.165) is 44.5 Å². The summed E-state index contributed by atoms with van der Waals surface area (Å²) in [6.07, 6.45) is 4.32. The van der Waals surface area contributed by atoms with E-state index in [1.165, 1.54) is 0 Å². The molecule has 0 aliphatic carbocycles. The SMILES string of the molecule is CCCCN(CCCC)c1ccc(N)cc1C(=O)O. The Kier molecular flexibility index (Phi) is 6.19. The third kappa shape index (κ3) is 4.47. The van der Waals surface area contributed by atoms with Crippen molar-refractivity contribution < 1.29 is 9.90 Å². The molecule has 0 heterocycles. The third-order valence-electron chi connectivity index (χ3n) is 3.15. The normalized spacial score (nSPS) is 10.4. The molecule has 1 aromatic carbocycles. The Labute approximate surface area is 115 Å². The molecule has 4 nitrogen and oxygen atoms in total. The molecule has 0 bridgehead atoms.